The Hall–Kier alpha value is -1.82. The van der Waals surface area contributed by atoms with E-state index in [0.717, 1.165) is 25.7 Å². The largest absolute Gasteiger partial charge is 0.487 e. The molecule has 0 saturated heterocycles. The Morgan fingerprint density at radius 1 is 1.09 bits per heavy atom. The van der Waals surface area contributed by atoms with Gasteiger partial charge in [-0.1, -0.05) is 27.7 Å². The van der Waals surface area contributed by atoms with E-state index in [9.17, 15) is 14.7 Å². The second-order valence-corrected chi connectivity index (χ2v) is 12.9. The molecule has 0 radical (unpaired) electrons. The van der Waals surface area contributed by atoms with Gasteiger partial charge in [-0.25, -0.2) is 4.79 Å². The van der Waals surface area contributed by atoms with E-state index in [0.29, 0.717) is 29.9 Å². The number of aliphatic hydroxyl groups excluding tert-OH is 1. The molecule has 34 heavy (non-hydrogen) atoms. The third-order valence-corrected chi connectivity index (χ3v) is 10.8. The van der Waals surface area contributed by atoms with Crippen LogP contribution in [0.5, 0.6) is 5.75 Å². The van der Waals surface area contributed by atoms with E-state index in [-0.39, 0.29) is 57.3 Å². The van der Waals surface area contributed by atoms with Gasteiger partial charge >= 0.3 is 11.6 Å². The van der Waals surface area contributed by atoms with Crippen LogP contribution in [-0.2, 0) is 16.0 Å². The van der Waals surface area contributed by atoms with Gasteiger partial charge in [-0.3, -0.25) is 4.79 Å². The number of hydrogen-bond acceptors (Lipinski definition) is 6. The highest BCUT2D eigenvalue weighted by molar-refractivity contribution is 5.66. The Bertz CT molecular complexity index is 1070. The molecule has 2 heterocycles. The lowest BCUT2D eigenvalue weighted by atomic mass is 9.37. The van der Waals surface area contributed by atoms with Gasteiger partial charge in [0.15, 0.2) is 0 Å². The first-order valence-electron chi connectivity index (χ1n) is 12.9. The molecule has 3 saturated carbocycles. The van der Waals surface area contributed by atoms with Crippen molar-refractivity contribution in [3.63, 3.8) is 0 Å². The molecule has 188 valence electrons. The highest BCUT2D eigenvalue weighted by Gasteiger charge is 2.69. The summed E-state index contributed by atoms with van der Waals surface area (Å²) in [7, 11) is 0. The van der Waals surface area contributed by atoms with Crippen LogP contribution in [0.1, 0.15) is 85.0 Å². The maximum atomic E-state index is 12.8. The Kier molecular flexibility index (Phi) is 5.16. The standard InChI is InChI=1S/C28H40O6/c1-15-12-18-17(24(31)32-15)13-21-26(5)10-8-19-25(3,4)23(33-16(2)29)14-22(30)28(19,7)20(26)9-11-27(21,6)34-18/h12,19-23,30H,8-11,13-14H2,1-7H3/t19-,20-,21-,22+,23-,26+,27-,28-/m0/s1. The van der Waals surface area contributed by atoms with E-state index in [1.165, 1.54) is 6.92 Å². The third kappa shape index (κ3) is 3.09. The lowest BCUT2D eigenvalue weighted by Crippen LogP contribution is -2.69. The molecule has 1 aliphatic heterocycles. The average molecular weight is 473 g/mol. The number of rotatable bonds is 1. The summed E-state index contributed by atoms with van der Waals surface area (Å²) in [4.78, 5) is 24.6. The monoisotopic (exact) mass is 472 g/mol. The van der Waals surface area contributed by atoms with E-state index in [2.05, 4.69) is 34.6 Å². The molecule has 6 nitrogen and oxygen atoms in total. The van der Waals surface area contributed by atoms with Gasteiger partial charge in [-0.15, -0.1) is 0 Å². The minimum absolute atomic E-state index is 0.0847. The molecule has 8 atom stereocenters. The molecule has 6 heteroatoms. The fraction of sp³-hybridized carbons (Fsp3) is 0.786. The second kappa shape index (κ2) is 7.35. The van der Waals surface area contributed by atoms with E-state index in [1.54, 1.807) is 6.92 Å². The van der Waals surface area contributed by atoms with Crippen LogP contribution in [0.25, 0.3) is 0 Å². The lowest BCUT2D eigenvalue weighted by molar-refractivity contribution is -0.260. The maximum Gasteiger partial charge on any atom is 0.342 e. The van der Waals surface area contributed by atoms with Crippen LogP contribution in [0.2, 0.25) is 0 Å². The predicted octanol–water partition coefficient (Wildman–Crippen LogP) is 4.81. The molecule has 0 spiro atoms. The number of esters is 1. The summed E-state index contributed by atoms with van der Waals surface area (Å²) in [5.41, 5.74) is -0.592. The van der Waals surface area contributed by atoms with Crippen LogP contribution in [0, 0.1) is 40.9 Å². The molecule has 0 aromatic carbocycles. The highest BCUT2D eigenvalue weighted by atomic mass is 16.5. The minimum atomic E-state index is -0.548. The number of aliphatic hydroxyl groups is 1. The van der Waals surface area contributed by atoms with Crippen LogP contribution in [0.4, 0.5) is 0 Å². The number of ether oxygens (including phenoxy) is 2. The van der Waals surface area contributed by atoms with Crippen molar-refractivity contribution in [2.75, 3.05) is 0 Å². The normalized spacial score (nSPS) is 44.5. The molecule has 3 fully saturated rings. The molecule has 0 bridgehead atoms. The van der Waals surface area contributed by atoms with Crippen molar-refractivity contribution in [1.82, 2.24) is 0 Å². The molecule has 5 rings (SSSR count). The van der Waals surface area contributed by atoms with Crippen molar-refractivity contribution in [3.05, 3.63) is 27.8 Å². The Morgan fingerprint density at radius 3 is 2.44 bits per heavy atom. The molecule has 1 aromatic rings. The zero-order valence-corrected chi connectivity index (χ0v) is 21.7. The summed E-state index contributed by atoms with van der Waals surface area (Å²) in [5.74, 6) is 1.66. The van der Waals surface area contributed by atoms with Gasteiger partial charge in [0.05, 0.1) is 11.7 Å². The second-order valence-electron chi connectivity index (χ2n) is 12.9. The van der Waals surface area contributed by atoms with Crippen LogP contribution < -0.4 is 10.4 Å². The Labute approximate surface area is 202 Å². The summed E-state index contributed by atoms with van der Waals surface area (Å²) in [6, 6.07) is 1.85. The molecule has 0 unspecified atom stereocenters. The van der Waals surface area contributed by atoms with Crippen LogP contribution in [0.15, 0.2) is 15.3 Å². The topological polar surface area (TPSA) is 86.0 Å². The SMILES string of the molecule is CC(=O)O[C@H]1C[C@@H](O)[C@@]2(C)[C@@H](CC[C@]3(C)[C@@H]2CC[C@]2(C)Oc4cc(C)oc(=O)c4C[C@@H]32)C1(C)C. The highest BCUT2D eigenvalue weighted by Crippen LogP contribution is 2.70. The maximum absolute atomic E-state index is 12.8. The molecule has 4 aliphatic rings. The number of aryl methyl sites for hydroxylation is 1. The predicted molar refractivity (Wildman–Crippen MR) is 128 cm³/mol. The zero-order chi connectivity index (χ0) is 24.8. The number of carbonyl (C=O) groups excluding carboxylic acids is 1. The molecular formula is C28H40O6. The van der Waals surface area contributed by atoms with Gasteiger partial charge in [0.25, 0.3) is 0 Å². The lowest BCUT2D eigenvalue weighted by Gasteiger charge is -2.70. The quantitative estimate of drug-likeness (QED) is 0.590. The number of fused-ring (bicyclic) bond motifs is 6. The number of carbonyl (C=O) groups is 1. The van der Waals surface area contributed by atoms with Crippen molar-refractivity contribution in [2.45, 2.75) is 105 Å². The molecule has 3 aliphatic carbocycles. The summed E-state index contributed by atoms with van der Waals surface area (Å²) in [6.07, 6.45) is 4.09. The van der Waals surface area contributed by atoms with E-state index < -0.39 is 6.10 Å². The van der Waals surface area contributed by atoms with E-state index >= 15 is 0 Å². The minimum Gasteiger partial charge on any atom is -0.487 e. The first-order valence-corrected chi connectivity index (χ1v) is 12.9. The molecule has 1 N–H and O–H groups in total. The van der Waals surface area contributed by atoms with Crippen molar-refractivity contribution < 1.29 is 23.8 Å². The molecule has 1 aromatic heterocycles. The van der Waals surface area contributed by atoms with Gasteiger partial charge < -0.3 is 19.0 Å². The van der Waals surface area contributed by atoms with Gasteiger partial charge in [0.2, 0.25) is 0 Å². The van der Waals surface area contributed by atoms with Gasteiger partial charge in [0.1, 0.15) is 23.2 Å². The average Bonchev–Trinajstić information content (AvgIpc) is 2.70. The summed E-state index contributed by atoms with van der Waals surface area (Å²) in [5, 5.41) is 11.6. The number of hydrogen-bond donors (Lipinski definition) is 1. The van der Waals surface area contributed by atoms with Crippen LogP contribution >= 0.6 is 0 Å². The van der Waals surface area contributed by atoms with Gasteiger partial charge in [-0.05, 0) is 63.2 Å². The Morgan fingerprint density at radius 2 is 1.76 bits per heavy atom. The fourth-order valence-electron chi connectivity index (χ4n) is 9.19. The van der Waals surface area contributed by atoms with Crippen molar-refractivity contribution in [3.8, 4) is 5.75 Å². The third-order valence-electron chi connectivity index (χ3n) is 10.8. The molecular weight excluding hydrogens is 432 g/mol. The van der Waals surface area contributed by atoms with Crippen LogP contribution in [0.3, 0.4) is 0 Å². The summed E-state index contributed by atoms with van der Waals surface area (Å²) < 4.78 is 17.8. The summed E-state index contributed by atoms with van der Waals surface area (Å²) in [6.45, 7) is 14.5. The first-order chi connectivity index (χ1) is 15.7. The van der Waals surface area contributed by atoms with Gasteiger partial charge in [-0.2, -0.15) is 0 Å². The summed E-state index contributed by atoms with van der Waals surface area (Å²) >= 11 is 0. The first kappa shape index (κ1) is 23.9. The van der Waals surface area contributed by atoms with Gasteiger partial charge in [0, 0.05) is 36.2 Å². The zero-order valence-electron chi connectivity index (χ0n) is 21.7. The van der Waals surface area contributed by atoms with Crippen molar-refractivity contribution in [1.29, 1.82) is 0 Å². The van der Waals surface area contributed by atoms with E-state index in [4.69, 9.17) is 13.9 Å². The van der Waals surface area contributed by atoms with Crippen LogP contribution in [-0.4, -0.2) is 28.9 Å². The fourth-order valence-corrected chi connectivity index (χ4v) is 9.19. The smallest absolute Gasteiger partial charge is 0.342 e. The van der Waals surface area contributed by atoms with E-state index in [1.807, 2.05) is 6.07 Å². The van der Waals surface area contributed by atoms with Crippen molar-refractivity contribution >= 4 is 5.97 Å². The van der Waals surface area contributed by atoms with Crippen molar-refractivity contribution in [2.24, 2.45) is 34.0 Å². The Balaban J connectivity index is 1.55. The molecule has 0 amide bonds.